The van der Waals surface area contributed by atoms with Gasteiger partial charge in [0, 0.05) is 28.7 Å². The van der Waals surface area contributed by atoms with Crippen LogP contribution in [0.5, 0.6) is 5.75 Å². The second-order valence-electron chi connectivity index (χ2n) is 10.1. The van der Waals surface area contributed by atoms with E-state index in [0.29, 0.717) is 0 Å². The lowest BCUT2D eigenvalue weighted by Gasteiger charge is -2.31. The molecule has 11 N–H and O–H groups in total. The van der Waals surface area contributed by atoms with Crippen molar-refractivity contribution in [1.82, 2.24) is 10.7 Å². The molecule has 2 aromatic carbocycles. The predicted octanol–water partition coefficient (Wildman–Crippen LogP) is -0.138. The Bertz CT molecular complexity index is 2020. The summed E-state index contributed by atoms with van der Waals surface area (Å²) in [6, 6.07) is 2.81. The number of ether oxygens (including phenoxy) is 1. The standard InChI is InChI=1S/C27H27N5O12S2/c1-11(33)2-9-19(26(35)32-30)31-25(34)12-3-4-13(16(10-12)27(36)37)20-14-5-7-17(28)23(45(38,39)40)21(14)44-22-15(20)6-8-18(29)24(22)46(41,42)43/h3-8,10,17,19H,2,9,28-30H2,1H3,(H,31,34)(H,32,35)(H,36,37)(H,38,39,40)(H,41,42,43). The minimum Gasteiger partial charge on any atom is -0.478 e. The third-order valence-electron chi connectivity index (χ3n) is 6.99. The zero-order valence-electron chi connectivity index (χ0n) is 23.7. The number of hydrogen-bond donors (Lipinski definition) is 8. The molecule has 2 unspecified atom stereocenters. The van der Waals surface area contributed by atoms with E-state index in [1.807, 2.05) is 5.43 Å². The van der Waals surface area contributed by atoms with Crippen molar-refractivity contribution in [2.75, 3.05) is 5.73 Å². The quantitative estimate of drug-likeness (QED) is 0.0533. The highest BCUT2D eigenvalue weighted by atomic mass is 32.2. The Balaban J connectivity index is 1.99. The fraction of sp³-hybridized carbons (Fsp3) is 0.185. The number of anilines is 1. The molecule has 244 valence electrons. The van der Waals surface area contributed by atoms with Crippen molar-refractivity contribution in [3.63, 3.8) is 0 Å². The Hall–Kier alpha value is -4.92. The van der Waals surface area contributed by atoms with Crippen LogP contribution in [0.3, 0.4) is 0 Å². The summed E-state index contributed by atoms with van der Waals surface area (Å²) < 4.78 is 75.1. The topological polar surface area (TPSA) is 309 Å². The summed E-state index contributed by atoms with van der Waals surface area (Å²) in [5.74, 6) is 0.213. The zero-order chi connectivity index (χ0) is 34.3. The molecule has 1 aliphatic heterocycles. The number of hydrogen-bond acceptors (Lipinski definition) is 12. The Kier molecular flexibility index (Phi) is 9.20. The molecule has 0 saturated carbocycles. The first-order valence-electron chi connectivity index (χ1n) is 13.0. The molecule has 2 aliphatic rings. The van der Waals surface area contributed by atoms with E-state index in [1.165, 1.54) is 19.1 Å². The van der Waals surface area contributed by atoms with Gasteiger partial charge in [-0.25, -0.2) is 10.6 Å². The van der Waals surface area contributed by atoms with Crippen LogP contribution >= 0.6 is 0 Å². The largest absolute Gasteiger partial charge is 0.478 e. The summed E-state index contributed by atoms with van der Waals surface area (Å²) in [7, 11) is -10.3. The second kappa shape index (κ2) is 12.5. The van der Waals surface area contributed by atoms with E-state index < -0.39 is 82.7 Å². The van der Waals surface area contributed by atoms with E-state index in [1.54, 1.807) is 0 Å². The number of amides is 2. The summed E-state index contributed by atoms with van der Waals surface area (Å²) in [5, 5.41) is 12.6. The van der Waals surface area contributed by atoms with E-state index in [9.17, 15) is 50.2 Å². The van der Waals surface area contributed by atoms with Gasteiger partial charge in [0.15, 0.2) is 16.4 Å². The van der Waals surface area contributed by atoms with Crippen LogP contribution < -0.4 is 32.8 Å². The molecule has 0 aromatic heterocycles. The van der Waals surface area contributed by atoms with Gasteiger partial charge in [0.2, 0.25) is 0 Å². The number of nitrogen functional groups attached to an aromatic ring is 1. The van der Waals surface area contributed by atoms with Crippen molar-refractivity contribution in [1.29, 1.82) is 0 Å². The highest BCUT2D eigenvalue weighted by Crippen LogP contribution is 2.49. The lowest BCUT2D eigenvalue weighted by Crippen LogP contribution is -2.49. The Labute approximate surface area is 261 Å². The fourth-order valence-electron chi connectivity index (χ4n) is 4.96. The molecule has 1 heterocycles. The highest BCUT2D eigenvalue weighted by molar-refractivity contribution is 7.90. The van der Waals surface area contributed by atoms with Gasteiger partial charge in [0.25, 0.3) is 32.1 Å². The number of benzene rings is 2. The van der Waals surface area contributed by atoms with Gasteiger partial charge in [-0.15, -0.1) is 0 Å². The summed E-state index contributed by atoms with van der Waals surface area (Å²) in [5.41, 5.74) is 11.6. The molecule has 1 aliphatic carbocycles. The van der Waals surface area contributed by atoms with Gasteiger partial charge in [0.05, 0.1) is 17.3 Å². The number of carboxylic acids is 1. The Morgan fingerprint density at radius 1 is 1.02 bits per heavy atom. The molecule has 0 fully saturated rings. The number of carboxylic acid groups (broad SMARTS) is 1. The molecule has 46 heavy (non-hydrogen) atoms. The first kappa shape index (κ1) is 34.0. The van der Waals surface area contributed by atoms with E-state index >= 15 is 0 Å². The predicted molar refractivity (Wildman–Crippen MR) is 160 cm³/mol. The molecule has 2 atom stereocenters. The van der Waals surface area contributed by atoms with E-state index in [-0.39, 0.29) is 46.5 Å². The normalized spacial score (nSPS) is 16.6. The minimum absolute atomic E-state index is 0.0786. The first-order chi connectivity index (χ1) is 21.4. The zero-order valence-corrected chi connectivity index (χ0v) is 25.3. The maximum Gasteiger partial charge on any atom is 0.336 e. The van der Waals surface area contributed by atoms with Gasteiger partial charge >= 0.3 is 5.97 Å². The van der Waals surface area contributed by atoms with Crippen molar-refractivity contribution >= 4 is 55.1 Å². The van der Waals surface area contributed by atoms with Crippen LogP contribution in [-0.4, -0.2) is 66.7 Å². The van der Waals surface area contributed by atoms with E-state index in [2.05, 4.69) is 5.32 Å². The SMILES string of the molecule is CC(=O)CCC(NC(=O)c1ccc(C2=C3C=CC(N)C(S(=O)(=O)O)=C3Oc3c2ccc(N)c3S(=O)(=O)O)c(C(=O)O)c1)C(=O)NN. The van der Waals surface area contributed by atoms with Gasteiger partial charge in [0.1, 0.15) is 16.7 Å². The average molecular weight is 678 g/mol. The molecule has 2 amide bonds. The van der Waals surface area contributed by atoms with Crippen LogP contribution in [0.4, 0.5) is 5.69 Å². The molecule has 0 bridgehead atoms. The number of nitrogens with two attached hydrogens (primary N) is 3. The lowest BCUT2D eigenvalue weighted by molar-refractivity contribution is -0.123. The molecular weight excluding hydrogens is 650 g/mol. The molecule has 17 nitrogen and oxygen atoms in total. The van der Waals surface area contributed by atoms with Gasteiger partial charge in [-0.05, 0) is 43.2 Å². The molecule has 0 radical (unpaired) electrons. The van der Waals surface area contributed by atoms with Gasteiger partial charge in [-0.2, -0.15) is 16.8 Å². The number of Topliss-reactive ketones (excluding diaryl/α,β-unsaturated/α-hetero) is 1. The lowest BCUT2D eigenvalue weighted by atomic mass is 9.84. The summed E-state index contributed by atoms with van der Waals surface area (Å²) in [6.07, 6.45) is 2.22. The number of allylic oxidation sites excluding steroid dienone is 1. The molecule has 0 spiro atoms. The molecule has 0 saturated heterocycles. The maximum absolute atomic E-state index is 13.1. The number of aromatic carboxylic acids is 1. The number of rotatable bonds is 10. The molecule has 2 aromatic rings. The average Bonchev–Trinajstić information content (AvgIpc) is 2.95. The Morgan fingerprint density at radius 2 is 1.67 bits per heavy atom. The number of carbonyl (C=O) groups is 4. The van der Waals surface area contributed by atoms with Crippen LogP contribution in [-0.2, 0) is 29.8 Å². The van der Waals surface area contributed by atoms with Gasteiger partial charge in [-0.1, -0.05) is 18.2 Å². The molecular formula is C27H27N5O12S2. The smallest absolute Gasteiger partial charge is 0.336 e. The summed E-state index contributed by atoms with van der Waals surface area (Å²) >= 11 is 0. The van der Waals surface area contributed by atoms with Crippen molar-refractivity contribution in [2.24, 2.45) is 11.6 Å². The summed E-state index contributed by atoms with van der Waals surface area (Å²) in [6.45, 7) is 1.28. The van der Waals surface area contributed by atoms with Gasteiger partial charge < -0.3 is 31.4 Å². The Morgan fingerprint density at radius 3 is 2.24 bits per heavy atom. The molecule has 19 heteroatoms. The van der Waals surface area contributed by atoms with E-state index in [4.69, 9.17) is 22.0 Å². The maximum atomic E-state index is 13.1. The van der Waals surface area contributed by atoms with Gasteiger partial charge in [-0.3, -0.25) is 24.1 Å². The third-order valence-corrected chi connectivity index (χ3v) is 8.94. The monoisotopic (exact) mass is 677 g/mol. The third kappa shape index (κ3) is 6.54. The number of hydrazine groups is 1. The van der Waals surface area contributed by atoms with Crippen LogP contribution in [0, 0.1) is 0 Å². The molecule has 4 rings (SSSR count). The minimum atomic E-state index is -5.15. The van der Waals surface area contributed by atoms with Crippen LogP contribution in [0.25, 0.3) is 5.57 Å². The van der Waals surface area contributed by atoms with Crippen molar-refractivity contribution in [3.05, 3.63) is 81.0 Å². The van der Waals surface area contributed by atoms with Crippen LogP contribution in [0.1, 0.15) is 51.6 Å². The second-order valence-corrected chi connectivity index (χ2v) is 12.9. The van der Waals surface area contributed by atoms with Crippen LogP contribution in [0.15, 0.2) is 63.6 Å². The van der Waals surface area contributed by atoms with Crippen molar-refractivity contribution < 1.29 is 55.0 Å². The number of nitrogens with one attached hydrogen (secondary N) is 2. The van der Waals surface area contributed by atoms with Crippen molar-refractivity contribution in [2.45, 2.75) is 36.7 Å². The highest BCUT2D eigenvalue weighted by Gasteiger charge is 2.39. The van der Waals surface area contributed by atoms with Crippen molar-refractivity contribution in [3.8, 4) is 5.75 Å². The van der Waals surface area contributed by atoms with Crippen LogP contribution in [0.2, 0.25) is 0 Å². The fourth-order valence-corrected chi connectivity index (χ4v) is 6.52. The number of fused-ring (bicyclic) bond motifs is 2. The summed E-state index contributed by atoms with van der Waals surface area (Å²) in [4.78, 5) is 47.4. The first-order valence-corrected chi connectivity index (χ1v) is 15.9. The van der Waals surface area contributed by atoms with E-state index in [0.717, 1.165) is 30.3 Å². The number of carbonyl (C=O) groups excluding carboxylic acids is 3. The number of ketones is 1.